The van der Waals surface area contributed by atoms with Crippen molar-refractivity contribution >= 4 is 28.1 Å². The molecule has 8 heteroatoms. The van der Waals surface area contributed by atoms with E-state index >= 15 is 0 Å². The molecule has 1 atom stereocenters. The second-order valence-electron chi connectivity index (χ2n) is 7.85. The van der Waals surface area contributed by atoms with Crippen molar-refractivity contribution in [2.24, 2.45) is 5.92 Å². The molecule has 0 radical (unpaired) electrons. The number of aromatic nitrogens is 3. The topological polar surface area (TPSA) is 72.3 Å². The van der Waals surface area contributed by atoms with Crippen molar-refractivity contribution in [3.8, 4) is 10.6 Å². The van der Waals surface area contributed by atoms with Crippen molar-refractivity contribution in [3.05, 3.63) is 35.5 Å². The summed E-state index contributed by atoms with van der Waals surface area (Å²) in [6, 6.07) is 6.31. The Morgan fingerprint density at radius 3 is 2.90 bits per heavy atom. The maximum atomic E-state index is 13.2. The van der Waals surface area contributed by atoms with Gasteiger partial charge in [-0.3, -0.25) is 9.48 Å². The van der Waals surface area contributed by atoms with E-state index in [1.54, 1.807) is 24.6 Å². The molecule has 1 aromatic carbocycles. The molecule has 152 valence electrons. The van der Waals surface area contributed by atoms with Crippen LogP contribution < -0.4 is 5.32 Å². The first-order valence-electron chi connectivity index (χ1n) is 10.2. The third-order valence-corrected chi connectivity index (χ3v) is 6.95. The summed E-state index contributed by atoms with van der Waals surface area (Å²) < 4.78 is 7.12. The van der Waals surface area contributed by atoms with Crippen molar-refractivity contribution < 1.29 is 9.53 Å². The minimum atomic E-state index is -0.0769. The summed E-state index contributed by atoms with van der Waals surface area (Å²) in [5, 5.41) is 11.7. The quantitative estimate of drug-likeness (QED) is 0.675. The highest BCUT2D eigenvalue weighted by Gasteiger charge is 2.35. The first-order valence-corrected chi connectivity index (χ1v) is 11.0. The number of ether oxygens (including phenoxy) is 1. The number of thiazole rings is 1. The Kier molecular flexibility index (Phi) is 5.07. The predicted octanol–water partition coefficient (Wildman–Crippen LogP) is 2.63. The molecular formula is C21H25N5O2S. The lowest BCUT2D eigenvalue weighted by atomic mass is 9.84. The fourth-order valence-electron chi connectivity index (χ4n) is 4.55. The van der Waals surface area contributed by atoms with Crippen LogP contribution in [0.5, 0.6) is 0 Å². The molecule has 3 fully saturated rings. The number of amides is 1. The van der Waals surface area contributed by atoms with Crippen LogP contribution in [0.4, 0.5) is 0 Å². The van der Waals surface area contributed by atoms with E-state index in [2.05, 4.69) is 26.4 Å². The van der Waals surface area contributed by atoms with E-state index in [0.717, 1.165) is 41.1 Å². The maximum absolute atomic E-state index is 13.2. The minimum Gasteiger partial charge on any atom is -0.383 e. The lowest BCUT2D eigenvalue weighted by Crippen LogP contribution is -2.57. The van der Waals surface area contributed by atoms with Gasteiger partial charge in [0.25, 0.3) is 5.91 Å². The van der Waals surface area contributed by atoms with Gasteiger partial charge in [0.05, 0.1) is 18.7 Å². The zero-order valence-corrected chi connectivity index (χ0v) is 17.3. The Labute approximate surface area is 173 Å². The second kappa shape index (κ2) is 7.85. The number of nitrogens with zero attached hydrogens (tertiary/aromatic N) is 4. The van der Waals surface area contributed by atoms with Gasteiger partial charge in [-0.1, -0.05) is 6.07 Å². The summed E-state index contributed by atoms with van der Waals surface area (Å²) in [7, 11) is 1.67. The van der Waals surface area contributed by atoms with Gasteiger partial charge in [0.1, 0.15) is 5.01 Å². The molecule has 0 saturated carbocycles. The molecule has 0 aliphatic carbocycles. The van der Waals surface area contributed by atoms with Crippen LogP contribution in [0.25, 0.3) is 21.5 Å². The highest BCUT2D eigenvalue weighted by molar-refractivity contribution is 7.13. The highest BCUT2D eigenvalue weighted by atomic mass is 32.1. The third-order valence-electron chi connectivity index (χ3n) is 6.13. The first-order chi connectivity index (χ1) is 14.2. The molecule has 0 spiro atoms. The van der Waals surface area contributed by atoms with Gasteiger partial charge in [0.15, 0.2) is 5.69 Å². The molecule has 3 aliphatic rings. The number of hydrogen-bond donors (Lipinski definition) is 1. The molecular weight excluding hydrogens is 386 g/mol. The first kappa shape index (κ1) is 18.7. The Morgan fingerprint density at radius 2 is 2.21 bits per heavy atom. The summed E-state index contributed by atoms with van der Waals surface area (Å²) >= 11 is 1.60. The summed E-state index contributed by atoms with van der Waals surface area (Å²) in [4.78, 5) is 20.0. The minimum absolute atomic E-state index is 0.0769. The molecule has 2 aromatic heterocycles. The Bertz CT molecular complexity index is 1010. The number of carbonyl (C=O) groups is 1. The van der Waals surface area contributed by atoms with Crippen molar-refractivity contribution in [3.63, 3.8) is 0 Å². The Balaban J connectivity index is 1.47. The summed E-state index contributed by atoms with van der Waals surface area (Å²) in [5.74, 6) is 0.509. The maximum Gasteiger partial charge on any atom is 0.272 e. The third kappa shape index (κ3) is 3.56. The molecule has 2 bridgehead atoms. The molecule has 3 saturated heterocycles. The van der Waals surface area contributed by atoms with Crippen LogP contribution in [-0.4, -0.2) is 65.0 Å². The summed E-state index contributed by atoms with van der Waals surface area (Å²) in [6.07, 6.45) is 4.15. The Hall–Kier alpha value is -2.29. The molecule has 3 aromatic rings. The molecule has 29 heavy (non-hydrogen) atoms. The molecule has 3 aliphatic heterocycles. The van der Waals surface area contributed by atoms with E-state index in [9.17, 15) is 4.79 Å². The van der Waals surface area contributed by atoms with Crippen LogP contribution in [0.3, 0.4) is 0 Å². The van der Waals surface area contributed by atoms with Gasteiger partial charge in [0.2, 0.25) is 0 Å². The number of piperidine rings is 3. The number of rotatable bonds is 6. The van der Waals surface area contributed by atoms with Crippen molar-refractivity contribution in [1.29, 1.82) is 0 Å². The van der Waals surface area contributed by atoms with Crippen LogP contribution in [0.2, 0.25) is 0 Å². The number of benzene rings is 1. The van der Waals surface area contributed by atoms with Gasteiger partial charge in [-0.15, -0.1) is 11.3 Å². The predicted molar refractivity (Wildman–Crippen MR) is 113 cm³/mol. The van der Waals surface area contributed by atoms with E-state index in [-0.39, 0.29) is 11.9 Å². The molecule has 7 nitrogen and oxygen atoms in total. The van der Waals surface area contributed by atoms with E-state index in [4.69, 9.17) is 4.74 Å². The van der Waals surface area contributed by atoms with Gasteiger partial charge >= 0.3 is 0 Å². The lowest BCUT2D eigenvalue weighted by Gasteiger charge is -2.44. The van der Waals surface area contributed by atoms with Gasteiger partial charge in [-0.05, 0) is 44.0 Å². The average Bonchev–Trinajstić information content (AvgIpc) is 3.41. The number of methoxy groups -OCH3 is 1. The van der Waals surface area contributed by atoms with E-state index in [1.807, 2.05) is 22.2 Å². The molecule has 6 rings (SSSR count). The molecule has 1 N–H and O–H groups in total. The zero-order valence-electron chi connectivity index (χ0n) is 16.5. The van der Waals surface area contributed by atoms with Gasteiger partial charge in [0, 0.05) is 42.2 Å². The van der Waals surface area contributed by atoms with Crippen LogP contribution in [-0.2, 0) is 11.3 Å². The largest absolute Gasteiger partial charge is 0.383 e. The fourth-order valence-corrected chi connectivity index (χ4v) is 5.19. The van der Waals surface area contributed by atoms with Crippen LogP contribution in [0.15, 0.2) is 29.8 Å². The van der Waals surface area contributed by atoms with E-state index < -0.39 is 0 Å². The highest BCUT2D eigenvalue weighted by Crippen LogP contribution is 2.30. The Morgan fingerprint density at radius 1 is 1.34 bits per heavy atom. The number of fused-ring (bicyclic) bond motifs is 4. The number of carbonyl (C=O) groups excluding carboxylic acids is 1. The second-order valence-corrected chi connectivity index (χ2v) is 8.75. The monoisotopic (exact) mass is 411 g/mol. The lowest BCUT2D eigenvalue weighted by molar-refractivity contribution is 0.0618. The van der Waals surface area contributed by atoms with Crippen molar-refractivity contribution in [2.75, 3.05) is 33.4 Å². The standard InChI is InChI=1S/C21H25N5O2S/c1-28-10-9-26-18-12-15(21-22-6-11-29-21)2-3-16(18)19(24-26)20(27)23-17-13-25-7-4-14(17)5-8-25/h2-3,6,11-12,14,17H,4-5,7-10,13H2,1H3,(H,23,27)/t17-/m1/s1. The van der Waals surface area contributed by atoms with Gasteiger partial charge < -0.3 is 15.0 Å². The number of hydrogen-bond acceptors (Lipinski definition) is 6. The van der Waals surface area contributed by atoms with E-state index in [1.165, 1.54) is 12.8 Å². The zero-order chi connectivity index (χ0) is 19.8. The van der Waals surface area contributed by atoms with Crippen LogP contribution in [0, 0.1) is 5.92 Å². The number of nitrogens with one attached hydrogen (secondary N) is 1. The normalized spacial score (nSPS) is 23.6. The van der Waals surface area contributed by atoms with Gasteiger partial charge in [-0.25, -0.2) is 4.98 Å². The van der Waals surface area contributed by atoms with Gasteiger partial charge in [-0.2, -0.15) is 5.10 Å². The van der Waals surface area contributed by atoms with Crippen LogP contribution >= 0.6 is 11.3 Å². The fraction of sp³-hybridized carbons (Fsp3) is 0.476. The van der Waals surface area contributed by atoms with Crippen molar-refractivity contribution in [2.45, 2.75) is 25.4 Å². The van der Waals surface area contributed by atoms with Crippen molar-refractivity contribution in [1.82, 2.24) is 25.0 Å². The summed E-state index contributed by atoms with van der Waals surface area (Å²) in [5.41, 5.74) is 2.47. The molecule has 1 amide bonds. The average molecular weight is 412 g/mol. The summed E-state index contributed by atoms with van der Waals surface area (Å²) in [6.45, 7) is 4.41. The van der Waals surface area contributed by atoms with E-state index in [0.29, 0.717) is 24.8 Å². The molecule has 0 unspecified atom stereocenters. The molecule has 5 heterocycles. The van der Waals surface area contributed by atoms with Crippen LogP contribution in [0.1, 0.15) is 23.3 Å². The SMILES string of the molecule is COCCn1nc(C(=O)N[C@@H]2CN3CCC2CC3)c2ccc(-c3nccs3)cc21. The smallest absolute Gasteiger partial charge is 0.272 e.